The van der Waals surface area contributed by atoms with Gasteiger partial charge in [-0.25, -0.2) is 4.39 Å². The number of hydrogen-bond acceptors (Lipinski definition) is 3. The second-order valence-electron chi connectivity index (χ2n) is 5.86. The monoisotopic (exact) mass is 294 g/mol. The van der Waals surface area contributed by atoms with Gasteiger partial charge >= 0.3 is 0 Å². The smallest absolute Gasteiger partial charge is 0.257 e. The van der Waals surface area contributed by atoms with E-state index in [2.05, 4.69) is 5.32 Å². The molecule has 0 spiro atoms. The van der Waals surface area contributed by atoms with Gasteiger partial charge in [0.25, 0.3) is 5.91 Å². The maximum Gasteiger partial charge on any atom is 0.257 e. The summed E-state index contributed by atoms with van der Waals surface area (Å²) >= 11 is 0. The molecule has 116 valence electrons. The first-order chi connectivity index (χ1) is 9.99. The lowest BCUT2D eigenvalue weighted by molar-refractivity contribution is 0.0673. The second-order valence-corrected chi connectivity index (χ2v) is 5.86. The Morgan fingerprint density at radius 1 is 1.48 bits per heavy atom. The molecule has 1 amide bonds. The van der Waals surface area contributed by atoms with Crippen LogP contribution >= 0.6 is 0 Å². The summed E-state index contributed by atoms with van der Waals surface area (Å²) in [6.45, 7) is 5.47. The van der Waals surface area contributed by atoms with Gasteiger partial charge in [0.05, 0.1) is 5.56 Å². The fraction of sp³-hybridized carbons (Fsp3) is 0.562. The molecular formula is C16H23FN2O2. The summed E-state index contributed by atoms with van der Waals surface area (Å²) in [6.07, 6.45) is 3.39. The zero-order valence-corrected chi connectivity index (χ0v) is 12.6. The third-order valence-corrected chi connectivity index (χ3v) is 3.90. The van der Waals surface area contributed by atoms with Crippen molar-refractivity contribution in [1.82, 2.24) is 10.2 Å². The van der Waals surface area contributed by atoms with Crippen LogP contribution in [0.5, 0.6) is 5.75 Å². The molecule has 21 heavy (non-hydrogen) atoms. The van der Waals surface area contributed by atoms with Crippen LogP contribution in [0.15, 0.2) is 18.2 Å². The third kappa shape index (κ3) is 3.94. The molecule has 0 bridgehead atoms. The number of phenolic OH excluding ortho intramolecular Hbond substituents is 1. The first kappa shape index (κ1) is 15.8. The lowest BCUT2D eigenvalue weighted by Gasteiger charge is -2.33. The van der Waals surface area contributed by atoms with E-state index in [-0.39, 0.29) is 29.3 Å². The molecule has 1 atom stereocenters. The van der Waals surface area contributed by atoms with Crippen molar-refractivity contribution in [3.63, 3.8) is 0 Å². The van der Waals surface area contributed by atoms with Gasteiger partial charge in [-0.3, -0.25) is 4.79 Å². The maximum absolute atomic E-state index is 13.0. The lowest BCUT2D eigenvalue weighted by Crippen LogP contribution is -2.48. The summed E-state index contributed by atoms with van der Waals surface area (Å²) in [5, 5.41) is 13.2. The SMILES string of the molecule is CC(C)N(CC1CCCCN1)C(=O)c1ccc(F)cc1O. The van der Waals surface area contributed by atoms with Crippen LogP contribution in [0.3, 0.4) is 0 Å². The molecule has 0 aromatic heterocycles. The minimum Gasteiger partial charge on any atom is -0.507 e. The third-order valence-electron chi connectivity index (χ3n) is 3.90. The van der Waals surface area contributed by atoms with Crippen molar-refractivity contribution in [2.75, 3.05) is 13.1 Å². The minimum atomic E-state index is -0.547. The highest BCUT2D eigenvalue weighted by Crippen LogP contribution is 2.21. The Bertz CT molecular complexity index is 499. The number of carbonyl (C=O) groups excluding carboxylic acids is 1. The Kier molecular flexibility index (Phi) is 5.17. The molecule has 0 radical (unpaired) electrons. The van der Waals surface area contributed by atoms with E-state index < -0.39 is 5.82 Å². The highest BCUT2D eigenvalue weighted by molar-refractivity contribution is 5.97. The van der Waals surface area contributed by atoms with Gasteiger partial charge in [-0.2, -0.15) is 0 Å². The average molecular weight is 294 g/mol. The molecule has 0 aliphatic carbocycles. The van der Waals surface area contributed by atoms with Crippen LogP contribution in [0.25, 0.3) is 0 Å². The Labute approximate surface area is 125 Å². The number of nitrogens with one attached hydrogen (secondary N) is 1. The van der Waals surface area contributed by atoms with Crippen molar-refractivity contribution < 1.29 is 14.3 Å². The van der Waals surface area contributed by atoms with Crippen LogP contribution in [-0.4, -0.2) is 41.1 Å². The van der Waals surface area contributed by atoms with E-state index in [0.717, 1.165) is 19.0 Å². The number of rotatable bonds is 4. The zero-order valence-electron chi connectivity index (χ0n) is 12.6. The van der Waals surface area contributed by atoms with E-state index in [1.54, 1.807) is 4.90 Å². The van der Waals surface area contributed by atoms with Crippen LogP contribution in [0.4, 0.5) is 4.39 Å². The molecule has 1 aromatic carbocycles. The topological polar surface area (TPSA) is 52.6 Å². The molecule has 1 aliphatic heterocycles. The fourth-order valence-electron chi connectivity index (χ4n) is 2.69. The van der Waals surface area contributed by atoms with E-state index in [1.165, 1.54) is 25.0 Å². The number of phenols is 1. The molecule has 1 heterocycles. The quantitative estimate of drug-likeness (QED) is 0.897. The van der Waals surface area contributed by atoms with E-state index in [4.69, 9.17) is 0 Å². The van der Waals surface area contributed by atoms with E-state index in [9.17, 15) is 14.3 Å². The lowest BCUT2D eigenvalue weighted by atomic mass is 10.0. The maximum atomic E-state index is 13.0. The molecule has 5 heteroatoms. The van der Waals surface area contributed by atoms with Crippen LogP contribution < -0.4 is 5.32 Å². The molecular weight excluding hydrogens is 271 g/mol. The molecule has 1 fully saturated rings. The van der Waals surface area contributed by atoms with Crippen LogP contribution in [0.1, 0.15) is 43.5 Å². The van der Waals surface area contributed by atoms with Crippen LogP contribution in [-0.2, 0) is 0 Å². The summed E-state index contributed by atoms with van der Waals surface area (Å²) in [7, 11) is 0. The second kappa shape index (κ2) is 6.89. The number of hydrogen-bond donors (Lipinski definition) is 2. The highest BCUT2D eigenvalue weighted by atomic mass is 19.1. The van der Waals surface area contributed by atoms with Gasteiger partial charge in [0, 0.05) is 24.7 Å². The predicted molar refractivity (Wildman–Crippen MR) is 79.9 cm³/mol. The van der Waals surface area contributed by atoms with Crippen molar-refractivity contribution >= 4 is 5.91 Å². The summed E-state index contributed by atoms with van der Waals surface area (Å²) in [4.78, 5) is 14.3. The predicted octanol–water partition coefficient (Wildman–Crippen LogP) is 2.52. The Morgan fingerprint density at radius 2 is 2.24 bits per heavy atom. The molecule has 1 saturated heterocycles. The number of halogens is 1. The zero-order chi connectivity index (χ0) is 15.4. The Balaban J connectivity index is 2.14. The largest absolute Gasteiger partial charge is 0.507 e. The van der Waals surface area contributed by atoms with Crippen molar-refractivity contribution in [3.05, 3.63) is 29.6 Å². The highest BCUT2D eigenvalue weighted by Gasteiger charge is 2.25. The van der Waals surface area contributed by atoms with Gasteiger partial charge in [0.2, 0.25) is 0 Å². The summed E-state index contributed by atoms with van der Waals surface area (Å²) in [5.41, 5.74) is 0.154. The molecule has 1 aromatic rings. The fourth-order valence-corrected chi connectivity index (χ4v) is 2.69. The number of aromatic hydroxyl groups is 1. The van der Waals surface area contributed by atoms with Gasteiger partial charge in [0.15, 0.2) is 0 Å². The summed E-state index contributed by atoms with van der Waals surface area (Å²) in [5.74, 6) is -1.11. The van der Waals surface area contributed by atoms with Gasteiger partial charge in [-0.1, -0.05) is 6.42 Å². The average Bonchev–Trinajstić information content (AvgIpc) is 2.45. The van der Waals surface area contributed by atoms with E-state index in [1.807, 2.05) is 13.8 Å². The number of nitrogens with zero attached hydrogens (tertiary/aromatic N) is 1. The number of carbonyl (C=O) groups is 1. The van der Waals surface area contributed by atoms with Crippen molar-refractivity contribution in [1.29, 1.82) is 0 Å². The number of benzene rings is 1. The molecule has 1 unspecified atom stereocenters. The van der Waals surface area contributed by atoms with E-state index in [0.29, 0.717) is 6.54 Å². The molecule has 2 N–H and O–H groups in total. The minimum absolute atomic E-state index is 0.0191. The van der Waals surface area contributed by atoms with Gasteiger partial charge in [-0.15, -0.1) is 0 Å². The van der Waals surface area contributed by atoms with Gasteiger partial charge in [-0.05, 0) is 45.4 Å². The Morgan fingerprint density at radius 3 is 2.81 bits per heavy atom. The number of amides is 1. The summed E-state index contributed by atoms with van der Waals surface area (Å²) in [6, 6.07) is 3.82. The molecule has 1 aliphatic rings. The van der Waals surface area contributed by atoms with Crippen molar-refractivity contribution in [2.45, 2.75) is 45.2 Å². The molecule has 0 saturated carbocycles. The normalized spacial score (nSPS) is 18.8. The van der Waals surface area contributed by atoms with Crippen molar-refractivity contribution in [3.8, 4) is 5.75 Å². The summed E-state index contributed by atoms with van der Waals surface area (Å²) < 4.78 is 13.0. The standard InChI is InChI=1S/C16H23FN2O2/c1-11(2)19(10-13-5-3-4-8-18-13)16(21)14-7-6-12(17)9-15(14)20/h6-7,9,11,13,18,20H,3-5,8,10H2,1-2H3. The van der Waals surface area contributed by atoms with Crippen molar-refractivity contribution in [2.24, 2.45) is 0 Å². The van der Waals surface area contributed by atoms with Crippen LogP contribution in [0, 0.1) is 5.82 Å². The molecule has 4 nitrogen and oxygen atoms in total. The molecule has 2 rings (SSSR count). The Hall–Kier alpha value is -1.62. The first-order valence-corrected chi connectivity index (χ1v) is 7.52. The number of piperidine rings is 1. The van der Waals surface area contributed by atoms with E-state index >= 15 is 0 Å². The van der Waals surface area contributed by atoms with Crippen LogP contribution in [0.2, 0.25) is 0 Å². The van der Waals surface area contributed by atoms with Gasteiger partial charge < -0.3 is 15.3 Å². The van der Waals surface area contributed by atoms with Gasteiger partial charge in [0.1, 0.15) is 11.6 Å². The first-order valence-electron chi connectivity index (χ1n) is 7.52.